The average molecular weight is 265 g/mol. The minimum atomic E-state index is -0.879. The van der Waals surface area contributed by atoms with Gasteiger partial charge in [0.1, 0.15) is 0 Å². The molecule has 0 bridgehead atoms. The predicted molar refractivity (Wildman–Crippen MR) is 76.5 cm³/mol. The molecule has 98 valence electrons. The number of rotatable bonds is 3. The van der Waals surface area contributed by atoms with Crippen molar-refractivity contribution in [3.8, 4) is 0 Å². The molecule has 1 fully saturated rings. The minimum absolute atomic E-state index is 0.332. The lowest BCUT2D eigenvalue weighted by atomic mass is 9.88. The number of nitrogens with one attached hydrogen (secondary N) is 1. The second-order valence-electron chi connectivity index (χ2n) is 5.61. The van der Waals surface area contributed by atoms with Gasteiger partial charge < -0.3 is 10.4 Å². The van der Waals surface area contributed by atoms with Crippen molar-refractivity contribution in [1.82, 2.24) is 0 Å². The fourth-order valence-corrected chi connectivity index (χ4v) is 3.57. The Kier molecular flexibility index (Phi) is 3.85. The molecule has 1 aromatic rings. The van der Waals surface area contributed by atoms with Crippen molar-refractivity contribution in [2.45, 2.75) is 26.3 Å². The number of carboxylic acid groups (broad SMARTS) is 1. The minimum Gasteiger partial charge on any atom is -0.478 e. The second-order valence-corrected chi connectivity index (χ2v) is 6.64. The Balaban J connectivity index is 1.99. The van der Waals surface area contributed by atoms with Gasteiger partial charge in [-0.1, -0.05) is 13.8 Å². The van der Waals surface area contributed by atoms with E-state index in [1.807, 2.05) is 23.9 Å². The summed E-state index contributed by atoms with van der Waals surface area (Å²) in [6.07, 6.45) is 1.15. The average Bonchev–Trinajstić information content (AvgIpc) is 2.28. The molecule has 0 aromatic heterocycles. The van der Waals surface area contributed by atoms with E-state index in [9.17, 15) is 4.79 Å². The van der Waals surface area contributed by atoms with Crippen LogP contribution in [0.25, 0.3) is 0 Å². The maximum absolute atomic E-state index is 10.8. The van der Waals surface area contributed by atoms with E-state index in [1.165, 1.54) is 5.75 Å². The summed E-state index contributed by atoms with van der Waals surface area (Å²) in [5.41, 5.74) is 1.71. The van der Waals surface area contributed by atoms with Gasteiger partial charge in [0.05, 0.1) is 5.56 Å². The topological polar surface area (TPSA) is 49.3 Å². The fraction of sp³-hybridized carbons (Fsp3) is 0.500. The van der Waals surface area contributed by atoms with Gasteiger partial charge in [-0.05, 0) is 41.9 Å². The molecule has 0 saturated carbocycles. The van der Waals surface area contributed by atoms with Gasteiger partial charge in [-0.3, -0.25) is 0 Å². The first-order valence-corrected chi connectivity index (χ1v) is 7.29. The van der Waals surface area contributed by atoms with E-state index in [2.05, 4.69) is 19.2 Å². The molecule has 0 amide bonds. The maximum Gasteiger partial charge on any atom is 0.335 e. The molecule has 1 heterocycles. The molecule has 1 unspecified atom stereocenters. The SMILES string of the molecule is CC1(C)CSCC(Nc2ccc(C(=O)O)cc2)C1. The molecular formula is C14H19NO2S. The Bertz CT molecular complexity index is 428. The van der Waals surface area contributed by atoms with Crippen molar-refractivity contribution in [2.75, 3.05) is 16.8 Å². The lowest BCUT2D eigenvalue weighted by Crippen LogP contribution is -2.35. The summed E-state index contributed by atoms with van der Waals surface area (Å²) in [5.74, 6) is 1.45. The maximum atomic E-state index is 10.8. The molecule has 3 nitrogen and oxygen atoms in total. The Morgan fingerprint density at radius 2 is 2.06 bits per heavy atom. The zero-order chi connectivity index (χ0) is 13.2. The molecule has 1 aromatic carbocycles. The Morgan fingerprint density at radius 3 is 2.61 bits per heavy atom. The van der Waals surface area contributed by atoms with Crippen LogP contribution < -0.4 is 5.32 Å². The molecule has 18 heavy (non-hydrogen) atoms. The smallest absolute Gasteiger partial charge is 0.335 e. The van der Waals surface area contributed by atoms with Crippen LogP contribution in [0.2, 0.25) is 0 Å². The van der Waals surface area contributed by atoms with Crippen molar-refractivity contribution >= 4 is 23.4 Å². The fourth-order valence-electron chi connectivity index (χ4n) is 2.30. The first kappa shape index (κ1) is 13.3. The molecule has 0 radical (unpaired) electrons. The van der Waals surface area contributed by atoms with E-state index in [0.29, 0.717) is 17.0 Å². The highest BCUT2D eigenvalue weighted by Crippen LogP contribution is 2.34. The lowest BCUT2D eigenvalue weighted by Gasteiger charge is -2.35. The van der Waals surface area contributed by atoms with Crippen LogP contribution in [-0.2, 0) is 0 Å². The van der Waals surface area contributed by atoms with Gasteiger partial charge in [-0.15, -0.1) is 0 Å². The third-order valence-corrected chi connectivity index (χ3v) is 4.74. The zero-order valence-electron chi connectivity index (χ0n) is 10.8. The molecule has 1 atom stereocenters. The molecule has 4 heteroatoms. The molecule has 1 aliphatic heterocycles. The van der Waals surface area contributed by atoms with Crippen LogP contribution in [0.3, 0.4) is 0 Å². The van der Waals surface area contributed by atoms with E-state index < -0.39 is 5.97 Å². The van der Waals surface area contributed by atoms with E-state index in [1.54, 1.807) is 12.1 Å². The second kappa shape index (κ2) is 5.22. The standard InChI is InChI=1S/C14H19NO2S/c1-14(2)7-12(8-18-9-14)15-11-5-3-10(4-6-11)13(16)17/h3-6,12,15H,7-9H2,1-2H3,(H,16,17). The van der Waals surface area contributed by atoms with E-state index in [-0.39, 0.29) is 0 Å². The van der Waals surface area contributed by atoms with Gasteiger partial charge in [0.2, 0.25) is 0 Å². The van der Waals surface area contributed by atoms with Gasteiger partial charge >= 0.3 is 5.97 Å². The molecule has 1 saturated heterocycles. The largest absolute Gasteiger partial charge is 0.478 e. The number of thioether (sulfide) groups is 1. The van der Waals surface area contributed by atoms with E-state index >= 15 is 0 Å². The summed E-state index contributed by atoms with van der Waals surface area (Å²) in [6, 6.07) is 7.44. The van der Waals surface area contributed by atoms with Crippen molar-refractivity contribution in [3.05, 3.63) is 29.8 Å². The third-order valence-electron chi connectivity index (χ3n) is 3.11. The van der Waals surface area contributed by atoms with Crippen molar-refractivity contribution < 1.29 is 9.90 Å². The van der Waals surface area contributed by atoms with Crippen LogP contribution in [-0.4, -0.2) is 28.6 Å². The monoisotopic (exact) mass is 265 g/mol. The van der Waals surface area contributed by atoms with Crippen LogP contribution in [0.15, 0.2) is 24.3 Å². The molecular weight excluding hydrogens is 246 g/mol. The summed E-state index contributed by atoms with van der Waals surface area (Å²) >= 11 is 1.98. The van der Waals surface area contributed by atoms with Gasteiger partial charge in [0, 0.05) is 17.5 Å². The van der Waals surface area contributed by atoms with Gasteiger partial charge in [-0.2, -0.15) is 11.8 Å². The molecule has 2 rings (SSSR count). The van der Waals surface area contributed by atoms with Crippen LogP contribution >= 0.6 is 11.8 Å². The molecule has 0 aliphatic carbocycles. The van der Waals surface area contributed by atoms with Crippen molar-refractivity contribution in [2.24, 2.45) is 5.41 Å². The molecule has 1 aliphatic rings. The van der Waals surface area contributed by atoms with Gasteiger partial charge in [0.25, 0.3) is 0 Å². The van der Waals surface area contributed by atoms with Crippen LogP contribution in [0.1, 0.15) is 30.6 Å². The summed E-state index contributed by atoms with van der Waals surface area (Å²) in [4.78, 5) is 10.8. The number of carbonyl (C=O) groups is 1. The summed E-state index contributed by atoms with van der Waals surface area (Å²) in [7, 11) is 0. The first-order chi connectivity index (χ1) is 8.46. The normalized spacial score (nSPS) is 22.4. The highest BCUT2D eigenvalue weighted by molar-refractivity contribution is 7.99. The number of anilines is 1. The summed E-state index contributed by atoms with van der Waals surface area (Å²) in [5, 5.41) is 12.3. The number of aromatic carboxylic acids is 1. The van der Waals surface area contributed by atoms with Crippen LogP contribution in [0.4, 0.5) is 5.69 Å². The Labute approximate surface area is 112 Å². The zero-order valence-corrected chi connectivity index (χ0v) is 11.6. The van der Waals surface area contributed by atoms with Gasteiger partial charge in [-0.25, -0.2) is 4.79 Å². The first-order valence-electron chi connectivity index (χ1n) is 6.14. The van der Waals surface area contributed by atoms with Crippen molar-refractivity contribution in [1.29, 1.82) is 0 Å². The lowest BCUT2D eigenvalue weighted by molar-refractivity contribution is 0.0697. The van der Waals surface area contributed by atoms with Crippen LogP contribution in [0, 0.1) is 5.41 Å². The highest BCUT2D eigenvalue weighted by Gasteiger charge is 2.28. The van der Waals surface area contributed by atoms with Crippen molar-refractivity contribution in [3.63, 3.8) is 0 Å². The number of hydrogen-bond donors (Lipinski definition) is 2. The summed E-state index contributed by atoms with van der Waals surface area (Å²) in [6.45, 7) is 4.59. The highest BCUT2D eigenvalue weighted by atomic mass is 32.2. The Hall–Kier alpha value is -1.16. The molecule has 2 N–H and O–H groups in total. The van der Waals surface area contributed by atoms with Gasteiger partial charge in [0.15, 0.2) is 0 Å². The van der Waals surface area contributed by atoms with E-state index in [4.69, 9.17) is 5.11 Å². The molecule has 0 spiro atoms. The van der Waals surface area contributed by atoms with E-state index in [0.717, 1.165) is 17.9 Å². The quantitative estimate of drug-likeness (QED) is 0.880. The Morgan fingerprint density at radius 1 is 1.39 bits per heavy atom. The number of carboxylic acids is 1. The number of benzene rings is 1. The predicted octanol–water partition coefficient (Wildman–Crippen LogP) is 3.33. The third kappa shape index (κ3) is 3.42. The number of hydrogen-bond acceptors (Lipinski definition) is 3. The summed E-state index contributed by atoms with van der Waals surface area (Å²) < 4.78 is 0. The van der Waals surface area contributed by atoms with Crippen LogP contribution in [0.5, 0.6) is 0 Å².